The van der Waals surface area contributed by atoms with E-state index in [0.717, 1.165) is 17.2 Å². The van der Waals surface area contributed by atoms with Gasteiger partial charge in [-0.15, -0.1) is 9.78 Å². The Kier molecular flexibility index (Phi) is 8.87. The third-order valence-corrected chi connectivity index (χ3v) is 5.28. The first-order valence-electron chi connectivity index (χ1n) is 11.2. The summed E-state index contributed by atoms with van der Waals surface area (Å²) in [5.74, 6) is -1.52. The molecule has 0 radical (unpaired) electrons. The molecule has 4 rings (SSSR count). The topological polar surface area (TPSA) is 182 Å². The first-order valence-corrected chi connectivity index (χ1v) is 11.2. The molecule has 12 nitrogen and oxygen atoms in total. The van der Waals surface area contributed by atoms with Gasteiger partial charge in [-0.05, 0) is 24.1 Å². The van der Waals surface area contributed by atoms with Crippen LogP contribution in [0, 0.1) is 11.2 Å². The molecule has 0 bridgehead atoms. The Morgan fingerprint density at radius 3 is 2.37 bits per heavy atom. The number of aromatic amines is 1. The van der Waals surface area contributed by atoms with Crippen LogP contribution in [0.1, 0.15) is 35.4 Å². The maximum Gasteiger partial charge on any atom is 0.350 e. The van der Waals surface area contributed by atoms with E-state index in [-0.39, 0.29) is 35.3 Å². The minimum absolute atomic E-state index is 0.000509. The van der Waals surface area contributed by atoms with Gasteiger partial charge in [0, 0.05) is 36.5 Å². The summed E-state index contributed by atoms with van der Waals surface area (Å²) in [5.41, 5.74) is 6.58. The van der Waals surface area contributed by atoms with Crippen molar-refractivity contribution in [3.63, 3.8) is 0 Å². The molecule has 38 heavy (non-hydrogen) atoms. The smallest absolute Gasteiger partial charge is 0.350 e. The van der Waals surface area contributed by atoms with E-state index in [4.69, 9.17) is 30.5 Å². The zero-order valence-corrected chi connectivity index (χ0v) is 20.8. The highest BCUT2D eigenvalue weighted by molar-refractivity contribution is 5.94. The van der Waals surface area contributed by atoms with Crippen molar-refractivity contribution >= 4 is 11.8 Å². The number of aromatic nitrogens is 5. The molecule has 198 valence electrons. The summed E-state index contributed by atoms with van der Waals surface area (Å²) in [7, 11) is 2.83. The standard InChI is InChI=1S/C23H22FN7O3.C2H4O2/c1-33-15-11-16(19(24)18(12-15)34-2)17(10-13-4-6-14(7-5-13)20(25)26)21-29-23(32)31(30-21)22-27-8-3-9-28-22;1-2(3)4/h3-9,11-12,17H,10H2,1-2H3,(H3,25,26)(H,29,30,32);1H3,(H,3,4). The number of benzene rings is 2. The number of halogens is 1. The second-order valence-electron chi connectivity index (χ2n) is 7.90. The predicted octanol–water partition coefficient (Wildman–Crippen LogP) is 2.26. The number of nitrogens with one attached hydrogen (secondary N) is 2. The molecule has 0 spiro atoms. The number of H-pyrrole nitrogens is 1. The summed E-state index contributed by atoms with van der Waals surface area (Å²) in [6.45, 7) is 1.08. The van der Waals surface area contributed by atoms with Crippen molar-refractivity contribution in [2.45, 2.75) is 19.3 Å². The predicted molar refractivity (Wildman–Crippen MR) is 136 cm³/mol. The Balaban J connectivity index is 0.000000934. The van der Waals surface area contributed by atoms with Gasteiger partial charge >= 0.3 is 5.69 Å². The third-order valence-electron chi connectivity index (χ3n) is 5.28. The van der Waals surface area contributed by atoms with Crippen LogP contribution in [0.25, 0.3) is 5.95 Å². The van der Waals surface area contributed by atoms with Crippen LogP contribution in [0.4, 0.5) is 4.39 Å². The molecule has 0 fully saturated rings. The van der Waals surface area contributed by atoms with Crippen LogP contribution in [-0.2, 0) is 11.2 Å². The van der Waals surface area contributed by atoms with Gasteiger partial charge in [0.2, 0.25) is 0 Å². The summed E-state index contributed by atoms with van der Waals surface area (Å²) in [4.78, 5) is 32.5. The zero-order valence-electron chi connectivity index (χ0n) is 20.8. The van der Waals surface area contributed by atoms with Crippen molar-refractivity contribution < 1.29 is 23.8 Å². The van der Waals surface area contributed by atoms with Crippen molar-refractivity contribution in [1.82, 2.24) is 24.7 Å². The number of carboxylic acids is 1. The first-order chi connectivity index (χ1) is 18.1. The monoisotopic (exact) mass is 523 g/mol. The van der Waals surface area contributed by atoms with Crippen molar-refractivity contribution in [1.29, 1.82) is 5.41 Å². The van der Waals surface area contributed by atoms with Gasteiger partial charge in [-0.3, -0.25) is 15.2 Å². The lowest BCUT2D eigenvalue weighted by molar-refractivity contribution is -0.134. The maximum absolute atomic E-state index is 15.5. The van der Waals surface area contributed by atoms with Crippen molar-refractivity contribution in [2.75, 3.05) is 14.2 Å². The van der Waals surface area contributed by atoms with Crippen LogP contribution in [0.5, 0.6) is 11.5 Å². The van der Waals surface area contributed by atoms with Crippen LogP contribution in [-0.4, -0.2) is 55.9 Å². The van der Waals surface area contributed by atoms with E-state index in [1.807, 2.05) is 0 Å². The number of ether oxygens (including phenoxy) is 2. The van der Waals surface area contributed by atoms with E-state index in [1.165, 1.54) is 32.7 Å². The van der Waals surface area contributed by atoms with Gasteiger partial charge in [-0.2, -0.15) is 0 Å². The van der Waals surface area contributed by atoms with Crippen LogP contribution in [0.3, 0.4) is 0 Å². The number of hydrogen-bond acceptors (Lipinski definition) is 8. The molecule has 0 saturated heterocycles. The second kappa shape index (κ2) is 12.3. The second-order valence-corrected chi connectivity index (χ2v) is 7.90. The number of carbonyl (C=O) groups is 1. The number of nitrogen functional groups attached to an aromatic ring is 1. The van der Waals surface area contributed by atoms with Gasteiger partial charge in [0.15, 0.2) is 11.6 Å². The van der Waals surface area contributed by atoms with Gasteiger partial charge in [-0.25, -0.2) is 19.2 Å². The minimum atomic E-state index is -0.833. The van der Waals surface area contributed by atoms with Gasteiger partial charge in [0.25, 0.3) is 11.9 Å². The highest BCUT2D eigenvalue weighted by Crippen LogP contribution is 2.35. The lowest BCUT2D eigenvalue weighted by atomic mass is 9.90. The van der Waals surface area contributed by atoms with Crippen LogP contribution in [0.2, 0.25) is 0 Å². The Labute approximate surface area is 216 Å². The molecular formula is C25H26FN7O5. The normalized spacial score (nSPS) is 11.2. The van der Waals surface area contributed by atoms with Crippen LogP contribution >= 0.6 is 0 Å². The fraction of sp³-hybridized carbons (Fsp3) is 0.200. The molecule has 4 aromatic rings. The zero-order chi connectivity index (χ0) is 27.8. The molecule has 0 aliphatic carbocycles. The van der Waals surface area contributed by atoms with Gasteiger partial charge in [0.1, 0.15) is 17.4 Å². The summed E-state index contributed by atoms with van der Waals surface area (Å²) >= 11 is 0. The van der Waals surface area contributed by atoms with E-state index in [1.54, 1.807) is 36.4 Å². The van der Waals surface area contributed by atoms with Crippen LogP contribution < -0.4 is 20.9 Å². The molecule has 5 N–H and O–H groups in total. The Morgan fingerprint density at radius 1 is 1.18 bits per heavy atom. The quantitative estimate of drug-likeness (QED) is 0.199. The lowest BCUT2D eigenvalue weighted by Gasteiger charge is -2.18. The fourth-order valence-electron chi connectivity index (χ4n) is 3.56. The average molecular weight is 524 g/mol. The lowest BCUT2D eigenvalue weighted by Crippen LogP contribution is -2.18. The number of aliphatic carboxylic acids is 1. The molecule has 1 unspecified atom stereocenters. The maximum atomic E-state index is 15.5. The minimum Gasteiger partial charge on any atom is -0.497 e. The third kappa shape index (κ3) is 6.57. The van der Waals surface area contributed by atoms with E-state index >= 15 is 4.39 Å². The van der Waals surface area contributed by atoms with Gasteiger partial charge in [0.05, 0.1) is 20.1 Å². The van der Waals surface area contributed by atoms with Crippen LogP contribution in [0.15, 0.2) is 59.7 Å². The van der Waals surface area contributed by atoms with Gasteiger partial charge in [-0.1, -0.05) is 24.3 Å². The number of hydrogen-bond donors (Lipinski definition) is 4. The summed E-state index contributed by atoms with van der Waals surface area (Å²) in [6, 6.07) is 11.6. The first kappa shape index (κ1) is 27.5. The number of carboxylic acid groups (broad SMARTS) is 1. The summed E-state index contributed by atoms with van der Waals surface area (Å²) in [6.07, 6.45) is 3.25. The highest BCUT2D eigenvalue weighted by Gasteiger charge is 2.27. The Morgan fingerprint density at radius 2 is 1.82 bits per heavy atom. The molecule has 0 aliphatic heterocycles. The van der Waals surface area contributed by atoms with Crippen molar-refractivity contribution in [2.24, 2.45) is 5.73 Å². The molecular weight excluding hydrogens is 497 g/mol. The van der Waals surface area contributed by atoms with Crippen molar-refractivity contribution in [3.05, 3.63) is 93.7 Å². The molecule has 0 amide bonds. The van der Waals surface area contributed by atoms with E-state index < -0.39 is 23.4 Å². The average Bonchev–Trinajstić information content (AvgIpc) is 3.29. The molecule has 1 atom stereocenters. The molecule has 13 heteroatoms. The van der Waals surface area contributed by atoms with E-state index in [9.17, 15) is 4.79 Å². The SMILES string of the molecule is CC(=O)O.COc1cc(OC)c(F)c(C(Cc2ccc(C(=N)N)cc2)c2nn(-c3ncccn3)c(=O)[nH]2)c1. The Hall–Kier alpha value is -5.07. The number of methoxy groups -OCH3 is 2. The van der Waals surface area contributed by atoms with E-state index in [2.05, 4.69) is 20.1 Å². The van der Waals surface area contributed by atoms with Gasteiger partial charge < -0.3 is 20.3 Å². The summed E-state index contributed by atoms with van der Waals surface area (Å²) < 4.78 is 27.0. The molecule has 2 aromatic heterocycles. The molecule has 2 aromatic carbocycles. The van der Waals surface area contributed by atoms with Crippen molar-refractivity contribution in [3.8, 4) is 17.4 Å². The number of nitrogens with two attached hydrogens (primary N) is 1. The summed E-state index contributed by atoms with van der Waals surface area (Å²) in [5, 5.41) is 19.4. The number of nitrogens with zero attached hydrogens (tertiary/aromatic N) is 4. The Bertz CT molecular complexity index is 1470. The molecule has 0 saturated carbocycles. The molecule has 0 aliphatic rings. The molecule has 2 heterocycles. The number of rotatable bonds is 8. The fourth-order valence-corrected chi connectivity index (χ4v) is 3.56. The highest BCUT2D eigenvalue weighted by atomic mass is 19.1. The number of amidine groups is 1. The largest absolute Gasteiger partial charge is 0.497 e. The van der Waals surface area contributed by atoms with E-state index in [0.29, 0.717) is 11.3 Å².